The summed E-state index contributed by atoms with van der Waals surface area (Å²) in [5, 5.41) is 8.72. The molecule has 1 aliphatic carbocycles. The fourth-order valence-corrected chi connectivity index (χ4v) is 6.91. The van der Waals surface area contributed by atoms with Crippen molar-refractivity contribution in [3.8, 4) is 16.9 Å². The Labute approximate surface area is 267 Å². The Morgan fingerprint density at radius 1 is 0.543 bits per heavy atom. The lowest BCUT2D eigenvalue weighted by Gasteiger charge is -2.12. The van der Waals surface area contributed by atoms with Gasteiger partial charge in [-0.3, -0.25) is 0 Å². The van der Waals surface area contributed by atoms with Gasteiger partial charge >= 0.3 is 0 Å². The second-order valence-corrected chi connectivity index (χ2v) is 12.0. The molecule has 0 fully saturated rings. The summed E-state index contributed by atoms with van der Waals surface area (Å²) in [5.41, 5.74) is 13.0. The van der Waals surface area contributed by atoms with Gasteiger partial charge in [0.25, 0.3) is 0 Å². The van der Waals surface area contributed by atoms with Crippen LogP contribution in [0.25, 0.3) is 66.3 Å². The molecule has 9 rings (SSSR count). The summed E-state index contributed by atoms with van der Waals surface area (Å²) in [6.45, 7) is 0. The normalized spacial score (nSPS) is 16.6. The lowest BCUT2D eigenvalue weighted by atomic mass is 9.95. The zero-order valence-electron chi connectivity index (χ0n) is 25.3. The number of aromatic nitrogens is 3. The predicted molar refractivity (Wildman–Crippen MR) is 193 cm³/mol. The Balaban J connectivity index is 1.01. The van der Waals surface area contributed by atoms with E-state index in [1.165, 1.54) is 55.2 Å². The van der Waals surface area contributed by atoms with Crippen LogP contribution in [0.1, 0.15) is 24.0 Å². The number of hydrogen-bond donors (Lipinski definition) is 0. The van der Waals surface area contributed by atoms with Gasteiger partial charge in [0, 0.05) is 27.4 Å². The highest BCUT2D eigenvalue weighted by molar-refractivity contribution is 6.09. The van der Waals surface area contributed by atoms with Crippen LogP contribution in [0, 0.1) is 0 Å². The molecule has 8 aromatic rings. The molecule has 0 saturated carbocycles. The van der Waals surface area contributed by atoms with Crippen LogP contribution in [0.4, 0.5) is 0 Å². The topological polar surface area (TPSA) is 22.2 Å². The first-order valence-corrected chi connectivity index (χ1v) is 15.9. The summed E-state index contributed by atoms with van der Waals surface area (Å²) in [6.07, 6.45) is 11.1. The molecule has 218 valence electrons. The van der Waals surface area contributed by atoms with Gasteiger partial charge in [-0.05, 0) is 77.6 Å². The number of allylic oxidation sites excluding steroid dienone is 6. The molecule has 3 heterocycles. The number of benzene rings is 5. The second kappa shape index (κ2) is 10.9. The van der Waals surface area contributed by atoms with Gasteiger partial charge in [-0.2, -0.15) is 5.10 Å². The van der Waals surface area contributed by atoms with Gasteiger partial charge in [-0.25, -0.2) is 4.52 Å². The van der Waals surface area contributed by atoms with Crippen molar-refractivity contribution in [2.24, 2.45) is 0 Å². The summed E-state index contributed by atoms with van der Waals surface area (Å²) in [7, 11) is 0. The first-order chi connectivity index (χ1) is 22.8. The SMILES string of the molecule is C1=C/C(c2ccc(-c3cc4ccc5ccccc5n4n3)cc2)=C\C=C(\c2ccc(-n3c4ccccc4c4ccccc43)cc2)CC\1. The zero-order valence-corrected chi connectivity index (χ0v) is 25.3. The molecular formula is C43H31N3. The number of fused-ring (bicyclic) bond motifs is 6. The van der Waals surface area contributed by atoms with Gasteiger partial charge in [-0.15, -0.1) is 0 Å². The molecule has 0 unspecified atom stereocenters. The Kier molecular flexibility index (Phi) is 6.27. The van der Waals surface area contributed by atoms with Gasteiger partial charge in [0.05, 0.1) is 27.8 Å². The molecule has 1 aliphatic rings. The standard InChI is InChI=1S/C43H31N3/c1-2-10-31(33-23-26-36(27-24-33)45-42-15-7-4-12-38(42)39-13-5-8-16-43(39)45)18-17-30(9-1)32-19-21-34(22-20-32)40-29-37-28-25-35-11-3-6-14-41(35)46(37)44-40/h1,3-9,11-29H,2,10H2/b9-1-,30-17+,31-18+. The van der Waals surface area contributed by atoms with Crippen molar-refractivity contribution in [2.75, 3.05) is 0 Å². The second-order valence-electron chi connectivity index (χ2n) is 12.0. The van der Waals surface area contributed by atoms with Crippen LogP contribution in [-0.2, 0) is 0 Å². The maximum atomic E-state index is 4.95. The molecule has 3 heteroatoms. The van der Waals surface area contributed by atoms with Crippen LogP contribution in [0.3, 0.4) is 0 Å². The number of pyridine rings is 1. The van der Waals surface area contributed by atoms with Gasteiger partial charge in [0.15, 0.2) is 0 Å². The molecule has 0 amide bonds. The summed E-state index contributed by atoms with van der Waals surface area (Å²) < 4.78 is 4.42. The van der Waals surface area contributed by atoms with E-state index in [-0.39, 0.29) is 0 Å². The highest BCUT2D eigenvalue weighted by Crippen LogP contribution is 2.33. The molecule has 0 bridgehead atoms. The Morgan fingerprint density at radius 3 is 1.96 bits per heavy atom. The highest BCUT2D eigenvalue weighted by Gasteiger charge is 2.13. The Bertz CT molecular complexity index is 2450. The van der Waals surface area contributed by atoms with Crippen LogP contribution < -0.4 is 0 Å². The Hall–Kier alpha value is -5.93. The van der Waals surface area contributed by atoms with Crippen LogP contribution in [0.5, 0.6) is 0 Å². The van der Waals surface area contributed by atoms with E-state index in [0.29, 0.717) is 0 Å². The lowest BCUT2D eigenvalue weighted by molar-refractivity contribution is 1.01. The van der Waals surface area contributed by atoms with E-state index >= 15 is 0 Å². The van der Waals surface area contributed by atoms with E-state index in [2.05, 4.69) is 168 Å². The van der Waals surface area contributed by atoms with Crippen molar-refractivity contribution in [1.29, 1.82) is 0 Å². The molecule has 46 heavy (non-hydrogen) atoms. The minimum Gasteiger partial charge on any atom is -0.309 e. The van der Waals surface area contributed by atoms with Gasteiger partial charge in [0.2, 0.25) is 0 Å². The summed E-state index contributed by atoms with van der Waals surface area (Å²) in [5.74, 6) is 0. The van der Waals surface area contributed by atoms with Gasteiger partial charge in [0.1, 0.15) is 0 Å². The van der Waals surface area contributed by atoms with Crippen LogP contribution >= 0.6 is 0 Å². The first-order valence-electron chi connectivity index (χ1n) is 15.9. The summed E-state index contributed by atoms with van der Waals surface area (Å²) >= 11 is 0. The van der Waals surface area contributed by atoms with Crippen LogP contribution in [0.15, 0.2) is 164 Å². The van der Waals surface area contributed by atoms with Crippen molar-refractivity contribution in [1.82, 2.24) is 14.2 Å². The molecule has 3 nitrogen and oxygen atoms in total. The molecule has 3 aromatic heterocycles. The van der Waals surface area contributed by atoms with Crippen molar-refractivity contribution >= 4 is 49.4 Å². The number of hydrogen-bond acceptors (Lipinski definition) is 1. The average molecular weight is 590 g/mol. The molecule has 0 atom stereocenters. The van der Waals surface area contributed by atoms with Gasteiger partial charge < -0.3 is 4.57 Å². The van der Waals surface area contributed by atoms with Crippen molar-refractivity contribution in [3.63, 3.8) is 0 Å². The molecule has 0 aliphatic heterocycles. The molecule has 0 saturated heterocycles. The first kappa shape index (κ1) is 26.5. The largest absolute Gasteiger partial charge is 0.309 e. The quantitative estimate of drug-likeness (QED) is 0.200. The lowest BCUT2D eigenvalue weighted by Crippen LogP contribution is -1.95. The third-order valence-corrected chi connectivity index (χ3v) is 9.27. The summed E-state index contributed by atoms with van der Waals surface area (Å²) in [6, 6.07) is 50.1. The van der Waals surface area contributed by atoms with Gasteiger partial charge in [-0.1, -0.05) is 121 Å². The molecule has 5 aromatic carbocycles. The third-order valence-electron chi connectivity index (χ3n) is 9.27. The average Bonchev–Trinajstić information content (AvgIpc) is 3.69. The predicted octanol–water partition coefficient (Wildman–Crippen LogP) is 11.1. The van der Waals surface area contributed by atoms with E-state index < -0.39 is 0 Å². The molecular weight excluding hydrogens is 558 g/mol. The maximum Gasteiger partial charge on any atom is 0.0933 e. The molecule has 0 N–H and O–H groups in total. The van der Waals surface area contributed by atoms with E-state index in [9.17, 15) is 0 Å². The number of rotatable bonds is 4. The van der Waals surface area contributed by atoms with Crippen molar-refractivity contribution < 1.29 is 0 Å². The van der Waals surface area contributed by atoms with Crippen molar-refractivity contribution in [3.05, 3.63) is 175 Å². The highest BCUT2D eigenvalue weighted by atomic mass is 15.2. The molecule has 0 radical (unpaired) electrons. The minimum absolute atomic E-state index is 0.983. The fourth-order valence-electron chi connectivity index (χ4n) is 6.91. The smallest absolute Gasteiger partial charge is 0.0933 e. The van der Waals surface area contributed by atoms with E-state index in [1.807, 2.05) is 4.52 Å². The van der Waals surface area contributed by atoms with Crippen molar-refractivity contribution in [2.45, 2.75) is 12.8 Å². The Morgan fingerprint density at radius 2 is 1.20 bits per heavy atom. The monoisotopic (exact) mass is 589 g/mol. The molecule has 0 spiro atoms. The van der Waals surface area contributed by atoms with Crippen LogP contribution in [0.2, 0.25) is 0 Å². The van der Waals surface area contributed by atoms with E-state index in [4.69, 9.17) is 5.10 Å². The number of para-hydroxylation sites is 3. The maximum absolute atomic E-state index is 4.95. The third kappa shape index (κ3) is 4.48. The van der Waals surface area contributed by atoms with E-state index in [0.717, 1.165) is 35.1 Å². The number of nitrogens with zero attached hydrogens (tertiary/aromatic N) is 3. The summed E-state index contributed by atoms with van der Waals surface area (Å²) in [4.78, 5) is 0. The fraction of sp³-hybridized carbons (Fsp3) is 0.0465. The van der Waals surface area contributed by atoms with E-state index in [1.54, 1.807) is 0 Å². The minimum atomic E-state index is 0.983. The van der Waals surface area contributed by atoms with Crippen LogP contribution in [-0.4, -0.2) is 14.2 Å². The zero-order chi connectivity index (χ0) is 30.5.